The zero-order chi connectivity index (χ0) is 19.2. The van der Waals surface area contributed by atoms with Gasteiger partial charge in [-0.05, 0) is 23.8 Å². The highest BCUT2D eigenvalue weighted by Gasteiger charge is 2.23. The summed E-state index contributed by atoms with van der Waals surface area (Å²) in [5.74, 6) is 0. The highest BCUT2D eigenvalue weighted by Crippen LogP contribution is 2.26. The summed E-state index contributed by atoms with van der Waals surface area (Å²) >= 11 is 6.01. The summed E-state index contributed by atoms with van der Waals surface area (Å²) < 4.78 is 5.45. The molecule has 0 aliphatic carbocycles. The normalized spacial score (nSPS) is 15.7. The number of nitriles is 1. The lowest BCUT2D eigenvalue weighted by Crippen LogP contribution is -2.41. The van der Waals surface area contributed by atoms with Crippen LogP contribution >= 0.6 is 11.6 Å². The van der Waals surface area contributed by atoms with E-state index >= 15 is 0 Å². The summed E-state index contributed by atoms with van der Waals surface area (Å²) in [4.78, 5) is 12.7. The van der Waals surface area contributed by atoms with Crippen molar-refractivity contribution in [3.8, 4) is 6.07 Å². The van der Waals surface area contributed by atoms with Crippen LogP contribution in [0.2, 0.25) is 5.02 Å². The molecule has 0 amide bonds. The number of nitrogens with one attached hydrogen (secondary N) is 1. The van der Waals surface area contributed by atoms with Gasteiger partial charge in [0.15, 0.2) is 0 Å². The van der Waals surface area contributed by atoms with Crippen LogP contribution in [-0.2, 0) is 4.74 Å². The molecule has 1 fully saturated rings. The molecule has 0 aromatic heterocycles. The molecule has 2 aromatic rings. The van der Waals surface area contributed by atoms with Gasteiger partial charge in [-0.2, -0.15) is 5.26 Å². The van der Waals surface area contributed by atoms with Crippen molar-refractivity contribution in [2.45, 2.75) is 6.04 Å². The van der Waals surface area contributed by atoms with Gasteiger partial charge in [0.05, 0.1) is 35.4 Å². The topological polar surface area (TPSA) is 91.4 Å². The number of nitro benzene ring substituents is 1. The standard InChI is InChI=1S/C19H19ClN4O3/c20-16-3-1-14(2-4-16)19(23-7-9-27-10-8-23)13-22-18-6-5-17(24(25)26)11-15(18)12-21/h1-6,11,19,22H,7-10,13H2. The Morgan fingerprint density at radius 2 is 1.96 bits per heavy atom. The van der Waals surface area contributed by atoms with E-state index in [9.17, 15) is 15.4 Å². The average Bonchev–Trinajstić information content (AvgIpc) is 2.70. The van der Waals surface area contributed by atoms with Crippen LogP contribution in [0.25, 0.3) is 0 Å². The van der Waals surface area contributed by atoms with Crippen LogP contribution in [0.5, 0.6) is 0 Å². The summed E-state index contributed by atoms with van der Waals surface area (Å²) in [6, 6.07) is 14.0. The van der Waals surface area contributed by atoms with Gasteiger partial charge in [-0.3, -0.25) is 15.0 Å². The lowest BCUT2D eigenvalue weighted by atomic mass is 10.0. The quantitative estimate of drug-likeness (QED) is 0.602. The van der Waals surface area contributed by atoms with E-state index in [0.29, 0.717) is 30.5 Å². The zero-order valence-electron chi connectivity index (χ0n) is 14.6. The summed E-state index contributed by atoms with van der Waals surface area (Å²) in [5, 5.41) is 24.2. The van der Waals surface area contributed by atoms with Crippen molar-refractivity contribution < 1.29 is 9.66 Å². The number of morpholine rings is 1. The van der Waals surface area contributed by atoms with E-state index in [-0.39, 0.29) is 17.3 Å². The summed E-state index contributed by atoms with van der Waals surface area (Å²) in [7, 11) is 0. The van der Waals surface area contributed by atoms with Crippen LogP contribution in [0.4, 0.5) is 11.4 Å². The Morgan fingerprint density at radius 3 is 2.59 bits per heavy atom. The molecule has 1 heterocycles. The van der Waals surface area contributed by atoms with Crippen molar-refractivity contribution in [1.29, 1.82) is 5.26 Å². The third kappa shape index (κ3) is 4.74. The third-order valence-electron chi connectivity index (χ3n) is 4.56. The molecule has 0 spiro atoms. The number of nitro groups is 1. The Bertz CT molecular complexity index is 845. The predicted octanol–water partition coefficient (Wildman–Crippen LogP) is 3.61. The maximum atomic E-state index is 10.9. The second-order valence-corrected chi connectivity index (χ2v) is 6.63. The number of ether oxygens (including phenoxy) is 1. The summed E-state index contributed by atoms with van der Waals surface area (Å²) in [6.07, 6.45) is 0. The molecule has 7 nitrogen and oxygen atoms in total. The van der Waals surface area contributed by atoms with Gasteiger partial charge in [0.1, 0.15) is 6.07 Å². The van der Waals surface area contributed by atoms with Crippen molar-refractivity contribution in [3.63, 3.8) is 0 Å². The van der Waals surface area contributed by atoms with E-state index in [1.807, 2.05) is 30.3 Å². The predicted molar refractivity (Wildman–Crippen MR) is 103 cm³/mol. The Kier molecular flexibility index (Phi) is 6.24. The van der Waals surface area contributed by atoms with Gasteiger partial charge in [0, 0.05) is 36.8 Å². The van der Waals surface area contributed by atoms with E-state index in [0.717, 1.165) is 18.7 Å². The molecule has 0 bridgehead atoms. The number of anilines is 1. The van der Waals surface area contributed by atoms with E-state index in [2.05, 4.69) is 10.2 Å². The van der Waals surface area contributed by atoms with Crippen LogP contribution in [0, 0.1) is 21.4 Å². The molecule has 2 aromatic carbocycles. The van der Waals surface area contributed by atoms with E-state index < -0.39 is 4.92 Å². The molecule has 0 saturated carbocycles. The van der Waals surface area contributed by atoms with Crippen LogP contribution < -0.4 is 5.32 Å². The van der Waals surface area contributed by atoms with Gasteiger partial charge < -0.3 is 10.1 Å². The number of non-ortho nitro benzene ring substituents is 1. The van der Waals surface area contributed by atoms with Crippen LogP contribution in [0.3, 0.4) is 0 Å². The van der Waals surface area contributed by atoms with Crippen molar-refractivity contribution in [2.24, 2.45) is 0 Å². The fourth-order valence-electron chi connectivity index (χ4n) is 3.13. The Balaban J connectivity index is 1.81. The smallest absolute Gasteiger partial charge is 0.270 e. The molecule has 1 atom stereocenters. The Morgan fingerprint density at radius 1 is 1.26 bits per heavy atom. The van der Waals surface area contributed by atoms with Crippen LogP contribution in [0.15, 0.2) is 42.5 Å². The fraction of sp³-hybridized carbons (Fsp3) is 0.316. The molecular formula is C19H19ClN4O3. The van der Waals surface area contributed by atoms with Crippen molar-refractivity contribution in [2.75, 3.05) is 38.2 Å². The number of rotatable bonds is 6. The lowest BCUT2D eigenvalue weighted by molar-refractivity contribution is -0.384. The first-order valence-corrected chi connectivity index (χ1v) is 8.96. The minimum absolute atomic E-state index is 0.0629. The van der Waals surface area contributed by atoms with Crippen LogP contribution in [0.1, 0.15) is 17.2 Å². The third-order valence-corrected chi connectivity index (χ3v) is 4.81. The molecule has 1 N–H and O–H groups in total. The maximum absolute atomic E-state index is 10.9. The van der Waals surface area contributed by atoms with Crippen molar-refractivity contribution >= 4 is 23.0 Å². The first-order chi connectivity index (χ1) is 13.1. The molecule has 1 aliphatic rings. The molecule has 1 aliphatic heterocycles. The molecular weight excluding hydrogens is 368 g/mol. The van der Waals surface area contributed by atoms with Gasteiger partial charge in [0.2, 0.25) is 0 Å². The number of halogens is 1. The number of benzene rings is 2. The minimum atomic E-state index is -0.505. The van der Waals surface area contributed by atoms with E-state index in [1.54, 1.807) is 6.07 Å². The number of hydrogen-bond donors (Lipinski definition) is 1. The lowest BCUT2D eigenvalue weighted by Gasteiger charge is -2.35. The summed E-state index contributed by atoms with van der Waals surface area (Å²) in [5.41, 5.74) is 1.84. The zero-order valence-corrected chi connectivity index (χ0v) is 15.4. The van der Waals surface area contributed by atoms with Crippen molar-refractivity contribution in [3.05, 3.63) is 68.7 Å². The SMILES string of the molecule is N#Cc1cc([N+](=O)[O-])ccc1NCC(c1ccc(Cl)cc1)N1CCOCC1. The number of nitrogens with zero attached hydrogens (tertiary/aromatic N) is 3. The molecule has 27 heavy (non-hydrogen) atoms. The van der Waals surface area contributed by atoms with E-state index in [1.165, 1.54) is 12.1 Å². The molecule has 0 radical (unpaired) electrons. The molecule has 8 heteroatoms. The fourth-order valence-corrected chi connectivity index (χ4v) is 3.26. The second kappa shape index (κ2) is 8.82. The number of hydrogen-bond acceptors (Lipinski definition) is 6. The summed E-state index contributed by atoms with van der Waals surface area (Å²) in [6.45, 7) is 3.50. The largest absolute Gasteiger partial charge is 0.382 e. The van der Waals surface area contributed by atoms with E-state index in [4.69, 9.17) is 16.3 Å². The minimum Gasteiger partial charge on any atom is -0.382 e. The second-order valence-electron chi connectivity index (χ2n) is 6.20. The molecule has 1 unspecified atom stereocenters. The molecule has 3 rings (SSSR count). The first kappa shape index (κ1) is 19.1. The highest BCUT2D eigenvalue weighted by atomic mass is 35.5. The van der Waals surface area contributed by atoms with Gasteiger partial charge in [0.25, 0.3) is 5.69 Å². The monoisotopic (exact) mass is 386 g/mol. The molecule has 140 valence electrons. The van der Waals surface area contributed by atoms with Gasteiger partial charge in [-0.1, -0.05) is 23.7 Å². The maximum Gasteiger partial charge on any atom is 0.270 e. The van der Waals surface area contributed by atoms with Gasteiger partial charge in [-0.25, -0.2) is 0 Å². The van der Waals surface area contributed by atoms with Crippen molar-refractivity contribution in [1.82, 2.24) is 4.90 Å². The van der Waals surface area contributed by atoms with Gasteiger partial charge in [-0.15, -0.1) is 0 Å². The Hall–Kier alpha value is -2.66. The molecule has 1 saturated heterocycles. The Labute approximate surface area is 162 Å². The average molecular weight is 387 g/mol. The highest BCUT2D eigenvalue weighted by molar-refractivity contribution is 6.30. The first-order valence-electron chi connectivity index (χ1n) is 8.58. The van der Waals surface area contributed by atoms with Crippen LogP contribution in [-0.4, -0.2) is 42.7 Å². The van der Waals surface area contributed by atoms with Gasteiger partial charge >= 0.3 is 0 Å².